The number of rotatable bonds is 7. The highest BCUT2D eigenvalue weighted by Gasteiger charge is 2.11. The maximum Gasteiger partial charge on any atom is 0.122 e. The Bertz CT molecular complexity index is 493. The van der Waals surface area contributed by atoms with Crippen LogP contribution in [-0.2, 0) is 6.42 Å². The van der Waals surface area contributed by atoms with Crippen molar-refractivity contribution in [1.29, 1.82) is 0 Å². The molecule has 108 valence electrons. The van der Waals surface area contributed by atoms with Gasteiger partial charge in [-0.2, -0.15) is 0 Å². The van der Waals surface area contributed by atoms with Gasteiger partial charge in [-0.3, -0.25) is 0 Å². The normalized spacial score (nSPS) is 13.9. The van der Waals surface area contributed by atoms with E-state index < -0.39 is 0 Å². The predicted molar refractivity (Wildman–Crippen MR) is 80.9 cm³/mol. The van der Waals surface area contributed by atoms with Crippen molar-refractivity contribution in [3.8, 4) is 5.75 Å². The van der Waals surface area contributed by atoms with E-state index in [1.54, 1.807) is 13.3 Å². The summed E-state index contributed by atoms with van der Waals surface area (Å²) >= 11 is 0. The standard InChI is InChI=1S/C16H23N3O/c1-12(19-13(2)16-17-10-11-18-16)4-5-14-6-8-15(20-3)9-7-14/h6-13,19H,4-5H2,1-3H3,(H,17,18). The number of hydrogen-bond acceptors (Lipinski definition) is 3. The molecule has 0 saturated carbocycles. The zero-order valence-corrected chi connectivity index (χ0v) is 12.4. The fraction of sp³-hybridized carbons (Fsp3) is 0.438. The average Bonchev–Trinajstić information content (AvgIpc) is 3.00. The van der Waals surface area contributed by atoms with Crippen LogP contribution in [0.4, 0.5) is 0 Å². The molecule has 0 aliphatic heterocycles. The summed E-state index contributed by atoms with van der Waals surface area (Å²) in [6.07, 6.45) is 5.80. The second-order valence-electron chi connectivity index (χ2n) is 5.15. The molecule has 4 heteroatoms. The van der Waals surface area contributed by atoms with Crippen molar-refractivity contribution in [2.24, 2.45) is 0 Å². The van der Waals surface area contributed by atoms with Crippen LogP contribution in [-0.4, -0.2) is 23.1 Å². The van der Waals surface area contributed by atoms with E-state index in [0.717, 1.165) is 24.4 Å². The van der Waals surface area contributed by atoms with Crippen molar-refractivity contribution in [1.82, 2.24) is 15.3 Å². The first-order valence-corrected chi connectivity index (χ1v) is 7.07. The first kappa shape index (κ1) is 14.6. The number of imidazole rings is 1. The number of aromatic amines is 1. The summed E-state index contributed by atoms with van der Waals surface area (Å²) < 4.78 is 5.17. The molecule has 20 heavy (non-hydrogen) atoms. The van der Waals surface area contributed by atoms with E-state index in [0.29, 0.717) is 6.04 Å². The van der Waals surface area contributed by atoms with Gasteiger partial charge in [-0.25, -0.2) is 4.98 Å². The van der Waals surface area contributed by atoms with Gasteiger partial charge in [0.05, 0.1) is 13.2 Å². The molecule has 0 bridgehead atoms. The van der Waals surface area contributed by atoms with E-state index in [-0.39, 0.29) is 6.04 Å². The number of aryl methyl sites for hydroxylation is 1. The molecule has 4 nitrogen and oxygen atoms in total. The highest BCUT2D eigenvalue weighted by molar-refractivity contribution is 5.27. The first-order valence-electron chi connectivity index (χ1n) is 7.07. The minimum Gasteiger partial charge on any atom is -0.497 e. The van der Waals surface area contributed by atoms with Gasteiger partial charge >= 0.3 is 0 Å². The number of hydrogen-bond donors (Lipinski definition) is 2. The summed E-state index contributed by atoms with van der Waals surface area (Å²) in [6, 6.07) is 8.97. The summed E-state index contributed by atoms with van der Waals surface area (Å²) in [4.78, 5) is 7.42. The Hall–Kier alpha value is -1.81. The van der Waals surface area contributed by atoms with E-state index in [2.05, 4.69) is 41.3 Å². The Morgan fingerprint density at radius 3 is 2.60 bits per heavy atom. The number of nitrogens with one attached hydrogen (secondary N) is 2. The van der Waals surface area contributed by atoms with Crippen LogP contribution in [0.15, 0.2) is 36.7 Å². The van der Waals surface area contributed by atoms with Gasteiger partial charge < -0.3 is 15.0 Å². The smallest absolute Gasteiger partial charge is 0.122 e. The second kappa shape index (κ2) is 7.10. The van der Waals surface area contributed by atoms with E-state index in [9.17, 15) is 0 Å². The molecule has 0 fully saturated rings. The largest absolute Gasteiger partial charge is 0.497 e. The summed E-state index contributed by atoms with van der Waals surface area (Å²) in [6.45, 7) is 4.34. The number of H-pyrrole nitrogens is 1. The minimum atomic E-state index is 0.246. The number of nitrogens with zero attached hydrogens (tertiary/aromatic N) is 1. The molecule has 2 unspecified atom stereocenters. The summed E-state index contributed by atoms with van der Waals surface area (Å²) in [5.41, 5.74) is 1.34. The van der Waals surface area contributed by atoms with Crippen LogP contribution in [0.1, 0.15) is 37.7 Å². The van der Waals surface area contributed by atoms with Crippen LogP contribution in [0.5, 0.6) is 5.75 Å². The van der Waals surface area contributed by atoms with Crippen molar-refractivity contribution in [2.45, 2.75) is 38.8 Å². The molecule has 0 radical (unpaired) electrons. The number of aromatic nitrogens is 2. The molecule has 0 aliphatic carbocycles. The molecule has 1 aromatic heterocycles. The van der Waals surface area contributed by atoms with Gasteiger partial charge in [-0.15, -0.1) is 0 Å². The van der Waals surface area contributed by atoms with Crippen molar-refractivity contribution in [3.05, 3.63) is 48.0 Å². The molecular formula is C16H23N3O. The summed E-state index contributed by atoms with van der Waals surface area (Å²) in [5, 5.41) is 3.56. The van der Waals surface area contributed by atoms with Crippen LogP contribution in [0.2, 0.25) is 0 Å². The number of benzene rings is 1. The average molecular weight is 273 g/mol. The predicted octanol–water partition coefficient (Wildman–Crippen LogP) is 3.09. The zero-order valence-electron chi connectivity index (χ0n) is 12.4. The lowest BCUT2D eigenvalue weighted by Gasteiger charge is -2.18. The van der Waals surface area contributed by atoms with Crippen LogP contribution < -0.4 is 10.1 Å². The van der Waals surface area contributed by atoms with Crippen LogP contribution in [0.25, 0.3) is 0 Å². The van der Waals surface area contributed by atoms with Gasteiger partial charge in [0.15, 0.2) is 0 Å². The van der Waals surface area contributed by atoms with E-state index in [4.69, 9.17) is 4.74 Å². The summed E-state index contributed by atoms with van der Waals surface area (Å²) in [5.74, 6) is 1.90. The second-order valence-corrected chi connectivity index (χ2v) is 5.15. The van der Waals surface area contributed by atoms with Crippen LogP contribution in [0.3, 0.4) is 0 Å². The third-order valence-corrected chi connectivity index (χ3v) is 3.49. The fourth-order valence-corrected chi connectivity index (χ4v) is 2.28. The fourth-order valence-electron chi connectivity index (χ4n) is 2.28. The van der Waals surface area contributed by atoms with E-state index in [1.807, 2.05) is 18.3 Å². The Labute approximate surface area is 120 Å². The van der Waals surface area contributed by atoms with Crippen LogP contribution >= 0.6 is 0 Å². The molecule has 2 rings (SSSR count). The Morgan fingerprint density at radius 1 is 1.25 bits per heavy atom. The molecule has 2 N–H and O–H groups in total. The zero-order chi connectivity index (χ0) is 14.4. The third-order valence-electron chi connectivity index (χ3n) is 3.49. The lowest BCUT2D eigenvalue weighted by atomic mass is 10.1. The summed E-state index contributed by atoms with van der Waals surface area (Å²) in [7, 11) is 1.69. The Kier molecular flexibility index (Phi) is 5.18. The molecule has 0 aliphatic rings. The van der Waals surface area contributed by atoms with Gasteiger partial charge in [-0.05, 0) is 44.4 Å². The highest BCUT2D eigenvalue weighted by atomic mass is 16.5. The van der Waals surface area contributed by atoms with Crippen molar-refractivity contribution < 1.29 is 4.74 Å². The Balaban J connectivity index is 1.78. The number of ether oxygens (including phenoxy) is 1. The van der Waals surface area contributed by atoms with Crippen molar-refractivity contribution in [3.63, 3.8) is 0 Å². The topological polar surface area (TPSA) is 49.9 Å². The van der Waals surface area contributed by atoms with Gasteiger partial charge in [-0.1, -0.05) is 12.1 Å². The lowest BCUT2D eigenvalue weighted by Crippen LogP contribution is -2.29. The third kappa shape index (κ3) is 4.10. The molecule has 2 atom stereocenters. The minimum absolute atomic E-state index is 0.246. The van der Waals surface area contributed by atoms with Crippen LogP contribution in [0, 0.1) is 0 Å². The van der Waals surface area contributed by atoms with Gasteiger partial charge in [0, 0.05) is 18.4 Å². The molecule has 0 spiro atoms. The maximum atomic E-state index is 5.17. The molecular weight excluding hydrogens is 250 g/mol. The van der Waals surface area contributed by atoms with Crippen molar-refractivity contribution >= 4 is 0 Å². The molecule has 0 saturated heterocycles. The lowest BCUT2D eigenvalue weighted by molar-refractivity contribution is 0.414. The molecule has 1 heterocycles. The van der Waals surface area contributed by atoms with Gasteiger partial charge in [0.1, 0.15) is 11.6 Å². The highest BCUT2D eigenvalue weighted by Crippen LogP contribution is 2.14. The maximum absolute atomic E-state index is 5.17. The van der Waals surface area contributed by atoms with E-state index >= 15 is 0 Å². The SMILES string of the molecule is COc1ccc(CCC(C)NC(C)c2ncc[nH]2)cc1. The van der Waals surface area contributed by atoms with E-state index in [1.165, 1.54) is 5.56 Å². The molecule has 2 aromatic rings. The molecule has 0 amide bonds. The van der Waals surface area contributed by atoms with Gasteiger partial charge in [0.25, 0.3) is 0 Å². The quantitative estimate of drug-likeness (QED) is 0.815. The Morgan fingerprint density at radius 2 is 2.00 bits per heavy atom. The van der Waals surface area contributed by atoms with Crippen molar-refractivity contribution in [2.75, 3.05) is 7.11 Å². The van der Waals surface area contributed by atoms with Gasteiger partial charge in [0.2, 0.25) is 0 Å². The first-order chi connectivity index (χ1) is 9.69. The monoisotopic (exact) mass is 273 g/mol. The number of methoxy groups -OCH3 is 1. The molecule has 1 aromatic carbocycles.